The average molecular weight is 409 g/mol. The third-order valence-electron chi connectivity index (χ3n) is 4.32. The van der Waals surface area contributed by atoms with Crippen LogP contribution >= 0.6 is 11.6 Å². The topological polar surface area (TPSA) is 57.7 Å². The fourth-order valence-electron chi connectivity index (χ4n) is 2.82. The predicted octanol–water partition coefficient (Wildman–Crippen LogP) is 3.03. The third kappa shape index (κ3) is 4.37. The summed E-state index contributed by atoms with van der Waals surface area (Å²) in [6.07, 6.45) is 2.72. The Kier molecular flexibility index (Phi) is 5.94. The molecule has 3 rings (SSSR count). The molecule has 0 atom stereocenters. The average Bonchev–Trinajstić information content (AvgIpc) is 2.67. The van der Waals surface area contributed by atoms with Crippen molar-refractivity contribution >= 4 is 33.6 Å². The number of amides is 1. The summed E-state index contributed by atoms with van der Waals surface area (Å²) in [5, 5.41) is 0.170. The molecule has 1 aliphatic rings. The number of halogens is 2. The van der Waals surface area contributed by atoms with Crippen LogP contribution in [0, 0.1) is 5.82 Å². The number of sulfonamides is 1. The molecule has 142 valence electrons. The summed E-state index contributed by atoms with van der Waals surface area (Å²) >= 11 is 6.01. The van der Waals surface area contributed by atoms with Crippen LogP contribution in [0.15, 0.2) is 59.5 Å². The summed E-state index contributed by atoms with van der Waals surface area (Å²) < 4.78 is 40.3. The quantitative estimate of drug-likeness (QED) is 0.731. The summed E-state index contributed by atoms with van der Waals surface area (Å²) in [6.45, 7) is 0.855. The molecule has 2 aromatic carbocycles. The first-order chi connectivity index (χ1) is 12.9. The lowest BCUT2D eigenvalue weighted by molar-refractivity contribution is -0.127. The number of hydrogen-bond donors (Lipinski definition) is 0. The van der Waals surface area contributed by atoms with Gasteiger partial charge in [0, 0.05) is 37.8 Å². The number of carbonyl (C=O) groups excluding carboxylic acids is 1. The minimum absolute atomic E-state index is 0.0610. The molecule has 1 aliphatic heterocycles. The monoisotopic (exact) mass is 408 g/mol. The maximum absolute atomic E-state index is 13.6. The van der Waals surface area contributed by atoms with Crippen molar-refractivity contribution in [1.29, 1.82) is 0 Å². The van der Waals surface area contributed by atoms with Crippen molar-refractivity contribution in [1.82, 2.24) is 9.21 Å². The molecule has 0 aliphatic carbocycles. The van der Waals surface area contributed by atoms with Gasteiger partial charge >= 0.3 is 0 Å². The zero-order valence-electron chi connectivity index (χ0n) is 14.4. The Morgan fingerprint density at radius 3 is 2.30 bits per heavy atom. The van der Waals surface area contributed by atoms with E-state index in [1.54, 1.807) is 30.3 Å². The smallest absolute Gasteiger partial charge is 0.246 e. The van der Waals surface area contributed by atoms with E-state index in [1.807, 2.05) is 0 Å². The maximum Gasteiger partial charge on any atom is 0.246 e. The van der Waals surface area contributed by atoms with Gasteiger partial charge in [-0.2, -0.15) is 4.31 Å². The molecule has 5 nitrogen and oxygen atoms in total. The Morgan fingerprint density at radius 2 is 1.63 bits per heavy atom. The molecule has 1 amide bonds. The molecule has 0 unspecified atom stereocenters. The van der Waals surface area contributed by atoms with Crippen molar-refractivity contribution in [3.05, 3.63) is 71.0 Å². The van der Waals surface area contributed by atoms with Gasteiger partial charge in [-0.25, -0.2) is 12.8 Å². The van der Waals surface area contributed by atoms with E-state index in [0.717, 1.165) is 0 Å². The van der Waals surface area contributed by atoms with Gasteiger partial charge in [0.1, 0.15) is 10.7 Å². The van der Waals surface area contributed by atoms with Crippen molar-refractivity contribution in [3.63, 3.8) is 0 Å². The molecule has 27 heavy (non-hydrogen) atoms. The molecular formula is C19H18ClFN2O3S. The highest BCUT2D eigenvalue weighted by molar-refractivity contribution is 7.89. The van der Waals surface area contributed by atoms with E-state index < -0.39 is 15.8 Å². The molecule has 1 fully saturated rings. The Bertz CT molecular complexity index is 970. The number of hydrogen-bond acceptors (Lipinski definition) is 3. The van der Waals surface area contributed by atoms with E-state index >= 15 is 0 Å². The molecule has 1 saturated heterocycles. The van der Waals surface area contributed by atoms with Gasteiger partial charge in [0.25, 0.3) is 0 Å². The standard InChI is InChI=1S/C19H18ClFN2O3S/c20-16-6-2-4-8-18(16)27(25,26)23-13-11-22(12-14-23)19(24)10-9-15-5-1-3-7-17(15)21/h1-10H,11-14H2/b10-9+. The largest absolute Gasteiger partial charge is 0.337 e. The second kappa shape index (κ2) is 8.21. The van der Waals surface area contributed by atoms with Crippen LogP contribution in [-0.4, -0.2) is 49.7 Å². The van der Waals surface area contributed by atoms with Crippen LogP contribution in [0.5, 0.6) is 0 Å². The fraction of sp³-hybridized carbons (Fsp3) is 0.211. The van der Waals surface area contributed by atoms with Gasteiger partial charge in [-0.1, -0.05) is 41.9 Å². The molecule has 1 heterocycles. The van der Waals surface area contributed by atoms with Crippen LogP contribution in [0.2, 0.25) is 5.02 Å². The summed E-state index contributed by atoms with van der Waals surface area (Å²) in [5.41, 5.74) is 0.325. The van der Waals surface area contributed by atoms with Gasteiger partial charge in [0.15, 0.2) is 0 Å². The highest BCUT2D eigenvalue weighted by Gasteiger charge is 2.30. The lowest BCUT2D eigenvalue weighted by atomic mass is 10.2. The van der Waals surface area contributed by atoms with Crippen molar-refractivity contribution in [2.24, 2.45) is 0 Å². The van der Waals surface area contributed by atoms with Crippen molar-refractivity contribution in [3.8, 4) is 0 Å². The summed E-state index contributed by atoms with van der Waals surface area (Å²) in [6, 6.07) is 12.4. The number of rotatable bonds is 4. The first-order valence-corrected chi connectivity index (χ1v) is 10.2. The predicted molar refractivity (Wildman–Crippen MR) is 102 cm³/mol. The molecule has 2 aromatic rings. The fourth-order valence-corrected chi connectivity index (χ4v) is 4.73. The van der Waals surface area contributed by atoms with E-state index in [4.69, 9.17) is 11.6 Å². The van der Waals surface area contributed by atoms with Gasteiger partial charge in [-0.3, -0.25) is 4.79 Å². The number of carbonyl (C=O) groups is 1. The molecule has 8 heteroatoms. The minimum atomic E-state index is -3.71. The van der Waals surface area contributed by atoms with E-state index in [2.05, 4.69) is 0 Å². The number of nitrogens with zero attached hydrogens (tertiary/aromatic N) is 2. The SMILES string of the molecule is O=C(/C=C/c1ccccc1F)N1CCN(S(=O)(=O)c2ccccc2Cl)CC1. The van der Waals surface area contributed by atoms with Crippen molar-refractivity contribution in [2.45, 2.75) is 4.90 Å². The molecule has 0 spiro atoms. The van der Waals surface area contributed by atoms with E-state index in [0.29, 0.717) is 5.56 Å². The van der Waals surface area contributed by atoms with E-state index in [1.165, 1.54) is 39.6 Å². The second-order valence-electron chi connectivity index (χ2n) is 6.01. The van der Waals surface area contributed by atoms with Gasteiger partial charge in [-0.15, -0.1) is 0 Å². The van der Waals surface area contributed by atoms with Gasteiger partial charge in [-0.05, 0) is 24.3 Å². The maximum atomic E-state index is 13.6. The Morgan fingerprint density at radius 1 is 1.00 bits per heavy atom. The van der Waals surface area contributed by atoms with Crippen LogP contribution in [0.1, 0.15) is 5.56 Å². The van der Waals surface area contributed by atoms with E-state index in [9.17, 15) is 17.6 Å². The zero-order valence-corrected chi connectivity index (χ0v) is 16.0. The van der Waals surface area contributed by atoms with Crippen molar-refractivity contribution < 1.29 is 17.6 Å². The summed E-state index contributed by atoms with van der Waals surface area (Å²) in [7, 11) is -3.71. The minimum Gasteiger partial charge on any atom is -0.337 e. The molecule has 0 aromatic heterocycles. The van der Waals surface area contributed by atoms with Crippen LogP contribution in [-0.2, 0) is 14.8 Å². The lowest BCUT2D eigenvalue weighted by Gasteiger charge is -2.33. The number of piperazine rings is 1. The number of benzene rings is 2. The molecule has 0 N–H and O–H groups in total. The first-order valence-electron chi connectivity index (χ1n) is 8.36. The van der Waals surface area contributed by atoms with Crippen LogP contribution in [0.3, 0.4) is 0 Å². The first kappa shape index (κ1) is 19.5. The van der Waals surface area contributed by atoms with Gasteiger partial charge in [0.2, 0.25) is 15.9 Å². The van der Waals surface area contributed by atoms with Gasteiger partial charge < -0.3 is 4.90 Å². The van der Waals surface area contributed by atoms with Crippen molar-refractivity contribution in [2.75, 3.05) is 26.2 Å². The highest BCUT2D eigenvalue weighted by atomic mass is 35.5. The van der Waals surface area contributed by atoms with E-state index in [-0.39, 0.29) is 42.0 Å². The Hall–Kier alpha value is -2.22. The molecular weight excluding hydrogens is 391 g/mol. The highest BCUT2D eigenvalue weighted by Crippen LogP contribution is 2.25. The van der Waals surface area contributed by atoms with Gasteiger partial charge in [0.05, 0.1) is 5.02 Å². The Balaban J connectivity index is 1.64. The zero-order chi connectivity index (χ0) is 19.4. The normalized spacial score (nSPS) is 16.0. The molecule has 0 saturated carbocycles. The Labute approximate surface area is 162 Å². The summed E-state index contributed by atoms with van der Waals surface area (Å²) in [4.78, 5) is 13.9. The lowest BCUT2D eigenvalue weighted by Crippen LogP contribution is -2.50. The second-order valence-corrected chi connectivity index (χ2v) is 8.33. The van der Waals surface area contributed by atoms with Crippen LogP contribution in [0.4, 0.5) is 4.39 Å². The molecule has 0 radical (unpaired) electrons. The van der Waals surface area contributed by atoms with Crippen LogP contribution in [0.25, 0.3) is 6.08 Å². The van der Waals surface area contributed by atoms with Crippen LogP contribution < -0.4 is 0 Å². The third-order valence-corrected chi connectivity index (χ3v) is 6.71. The molecule has 0 bridgehead atoms. The summed E-state index contributed by atoms with van der Waals surface area (Å²) in [5.74, 6) is -0.690.